The van der Waals surface area contributed by atoms with Crippen LogP contribution in [0.1, 0.15) is 25.5 Å². The highest BCUT2D eigenvalue weighted by molar-refractivity contribution is 7.99. The van der Waals surface area contributed by atoms with Crippen molar-refractivity contribution in [3.63, 3.8) is 0 Å². The van der Waals surface area contributed by atoms with Crippen molar-refractivity contribution in [1.29, 1.82) is 0 Å². The molecule has 0 bridgehead atoms. The Hall–Kier alpha value is -1.52. The van der Waals surface area contributed by atoms with Gasteiger partial charge >= 0.3 is 0 Å². The molecule has 0 aromatic heterocycles. The minimum atomic E-state index is -0.587. The minimum absolute atomic E-state index is 0.103. The maximum absolute atomic E-state index is 12.8. The van der Waals surface area contributed by atoms with Gasteiger partial charge in [0.05, 0.1) is 12.2 Å². The van der Waals surface area contributed by atoms with Gasteiger partial charge in [0, 0.05) is 10.6 Å². The third-order valence-electron chi connectivity index (χ3n) is 2.84. The van der Waals surface area contributed by atoms with E-state index in [-0.39, 0.29) is 11.9 Å². The first kappa shape index (κ1) is 15.9. The van der Waals surface area contributed by atoms with E-state index in [0.29, 0.717) is 5.75 Å². The van der Waals surface area contributed by atoms with Gasteiger partial charge in [-0.05, 0) is 55.8 Å². The van der Waals surface area contributed by atoms with Crippen LogP contribution in [0.25, 0.3) is 0 Å². The first-order valence-corrected chi connectivity index (χ1v) is 7.86. The molecular weight excluding hydrogens is 287 g/mol. The molecular formula is C17H19FO2S. The van der Waals surface area contributed by atoms with Gasteiger partial charge in [-0.2, -0.15) is 0 Å². The summed E-state index contributed by atoms with van der Waals surface area (Å²) in [5.74, 6) is 1.02. The van der Waals surface area contributed by atoms with Gasteiger partial charge in [0.25, 0.3) is 0 Å². The van der Waals surface area contributed by atoms with Crippen molar-refractivity contribution >= 4 is 11.8 Å². The van der Waals surface area contributed by atoms with Crippen molar-refractivity contribution in [2.24, 2.45) is 0 Å². The Bertz CT molecular complexity index is 569. The van der Waals surface area contributed by atoms with Gasteiger partial charge in [0.15, 0.2) is 0 Å². The van der Waals surface area contributed by atoms with Crippen LogP contribution in [0.4, 0.5) is 4.39 Å². The Morgan fingerprint density at radius 1 is 1.14 bits per heavy atom. The van der Waals surface area contributed by atoms with Crippen molar-refractivity contribution in [2.75, 3.05) is 5.75 Å². The molecule has 0 aliphatic carbocycles. The lowest BCUT2D eigenvalue weighted by Gasteiger charge is -2.14. The Labute approximate surface area is 129 Å². The highest BCUT2D eigenvalue weighted by Crippen LogP contribution is 2.27. The summed E-state index contributed by atoms with van der Waals surface area (Å²) < 4.78 is 18.4. The van der Waals surface area contributed by atoms with Gasteiger partial charge in [-0.25, -0.2) is 4.39 Å². The summed E-state index contributed by atoms with van der Waals surface area (Å²) in [4.78, 5) is 0.935. The van der Waals surface area contributed by atoms with Crippen molar-refractivity contribution in [3.05, 3.63) is 59.9 Å². The average molecular weight is 306 g/mol. The topological polar surface area (TPSA) is 29.5 Å². The van der Waals surface area contributed by atoms with Crippen molar-refractivity contribution in [3.8, 4) is 5.75 Å². The Morgan fingerprint density at radius 2 is 1.86 bits per heavy atom. The van der Waals surface area contributed by atoms with Crippen LogP contribution in [0.15, 0.2) is 53.4 Å². The average Bonchev–Trinajstić information content (AvgIpc) is 2.46. The van der Waals surface area contributed by atoms with Crippen LogP contribution in [-0.4, -0.2) is 17.0 Å². The maximum Gasteiger partial charge on any atom is 0.123 e. The highest BCUT2D eigenvalue weighted by atomic mass is 32.2. The molecule has 0 saturated carbocycles. The highest BCUT2D eigenvalue weighted by Gasteiger charge is 2.10. The van der Waals surface area contributed by atoms with E-state index in [9.17, 15) is 9.50 Å². The Balaban J connectivity index is 1.96. The first-order valence-electron chi connectivity index (χ1n) is 6.87. The molecule has 0 amide bonds. The van der Waals surface area contributed by atoms with Crippen LogP contribution in [-0.2, 0) is 0 Å². The second kappa shape index (κ2) is 7.48. The number of benzene rings is 2. The summed E-state index contributed by atoms with van der Waals surface area (Å²) >= 11 is 1.49. The maximum atomic E-state index is 12.8. The van der Waals surface area contributed by atoms with Crippen molar-refractivity contribution in [2.45, 2.75) is 31.0 Å². The predicted molar refractivity (Wildman–Crippen MR) is 84.3 cm³/mol. The summed E-state index contributed by atoms with van der Waals surface area (Å²) in [5, 5.41) is 10.2. The van der Waals surface area contributed by atoms with E-state index in [4.69, 9.17) is 4.74 Å². The van der Waals surface area contributed by atoms with Crippen molar-refractivity contribution in [1.82, 2.24) is 0 Å². The molecule has 0 fully saturated rings. The third-order valence-corrected chi connectivity index (χ3v) is 3.92. The molecule has 0 spiro atoms. The predicted octanol–water partition coefficient (Wildman–Crippen LogP) is 4.44. The van der Waals surface area contributed by atoms with Gasteiger partial charge in [-0.1, -0.05) is 12.1 Å². The second-order valence-corrected chi connectivity index (χ2v) is 6.11. The van der Waals surface area contributed by atoms with E-state index in [1.807, 2.05) is 38.1 Å². The van der Waals surface area contributed by atoms with Gasteiger partial charge in [0.2, 0.25) is 0 Å². The molecule has 2 rings (SSSR count). The number of hydrogen-bond acceptors (Lipinski definition) is 3. The second-order valence-electron chi connectivity index (χ2n) is 5.02. The summed E-state index contributed by atoms with van der Waals surface area (Å²) in [6.45, 7) is 3.93. The molecule has 2 aromatic rings. The zero-order chi connectivity index (χ0) is 15.2. The van der Waals surface area contributed by atoms with E-state index in [0.717, 1.165) is 16.2 Å². The number of aliphatic hydroxyl groups excluding tert-OH is 1. The molecule has 1 unspecified atom stereocenters. The zero-order valence-corrected chi connectivity index (χ0v) is 12.9. The quantitative estimate of drug-likeness (QED) is 0.800. The standard InChI is InChI=1S/C17H19FO2S/c1-12(2)20-15-5-3-4-13(10-15)17(19)11-21-16-8-6-14(18)7-9-16/h3-10,12,17,19H,11H2,1-2H3. The fourth-order valence-corrected chi connectivity index (χ4v) is 2.74. The molecule has 0 radical (unpaired) electrons. The van der Waals surface area contributed by atoms with Gasteiger partial charge in [-0.3, -0.25) is 0 Å². The minimum Gasteiger partial charge on any atom is -0.491 e. The summed E-state index contributed by atoms with van der Waals surface area (Å²) in [6, 6.07) is 13.8. The van der Waals surface area contributed by atoms with E-state index in [1.165, 1.54) is 23.9 Å². The SMILES string of the molecule is CC(C)Oc1cccc(C(O)CSc2ccc(F)cc2)c1. The lowest BCUT2D eigenvalue weighted by molar-refractivity contribution is 0.201. The molecule has 1 atom stereocenters. The molecule has 0 saturated heterocycles. The van der Waals surface area contributed by atoms with Gasteiger partial charge < -0.3 is 9.84 Å². The van der Waals surface area contributed by atoms with E-state index in [2.05, 4.69) is 0 Å². The number of halogens is 1. The van der Waals surface area contributed by atoms with Crippen LogP contribution in [0, 0.1) is 5.82 Å². The first-order chi connectivity index (χ1) is 10.0. The van der Waals surface area contributed by atoms with Crippen molar-refractivity contribution < 1.29 is 14.2 Å². The fraction of sp³-hybridized carbons (Fsp3) is 0.294. The summed E-state index contributed by atoms with van der Waals surface area (Å²) in [5.41, 5.74) is 0.822. The number of aliphatic hydroxyl groups is 1. The lowest BCUT2D eigenvalue weighted by Crippen LogP contribution is -2.07. The molecule has 21 heavy (non-hydrogen) atoms. The summed E-state index contributed by atoms with van der Waals surface area (Å²) in [6.07, 6.45) is -0.484. The van der Waals surface area contributed by atoms with Crippen LogP contribution in [0.3, 0.4) is 0 Å². The molecule has 112 valence electrons. The van der Waals surface area contributed by atoms with E-state index >= 15 is 0 Å². The largest absolute Gasteiger partial charge is 0.491 e. The van der Waals surface area contributed by atoms with E-state index < -0.39 is 6.10 Å². The monoisotopic (exact) mass is 306 g/mol. The lowest BCUT2D eigenvalue weighted by atomic mass is 10.1. The normalized spacial score (nSPS) is 12.4. The molecule has 2 aromatic carbocycles. The summed E-state index contributed by atoms with van der Waals surface area (Å²) in [7, 11) is 0. The van der Waals surface area contributed by atoms with Gasteiger partial charge in [0.1, 0.15) is 11.6 Å². The van der Waals surface area contributed by atoms with Crippen LogP contribution >= 0.6 is 11.8 Å². The van der Waals surface area contributed by atoms with Gasteiger partial charge in [-0.15, -0.1) is 11.8 Å². The van der Waals surface area contributed by atoms with Crippen LogP contribution in [0.2, 0.25) is 0 Å². The Morgan fingerprint density at radius 3 is 2.52 bits per heavy atom. The molecule has 1 N–H and O–H groups in total. The van der Waals surface area contributed by atoms with E-state index in [1.54, 1.807) is 12.1 Å². The number of hydrogen-bond donors (Lipinski definition) is 1. The van der Waals surface area contributed by atoms with Crippen LogP contribution in [0.5, 0.6) is 5.75 Å². The third kappa shape index (κ3) is 5.06. The number of ether oxygens (including phenoxy) is 1. The number of rotatable bonds is 6. The molecule has 0 aliphatic heterocycles. The molecule has 0 aliphatic rings. The number of thioether (sulfide) groups is 1. The smallest absolute Gasteiger partial charge is 0.123 e. The zero-order valence-electron chi connectivity index (χ0n) is 12.1. The van der Waals surface area contributed by atoms with Crippen LogP contribution < -0.4 is 4.74 Å². The molecule has 2 nitrogen and oxygen atoms in total. The molecule has 4 heteroatoms. The Kier molecular flexibility index (Phi) is 5.65. The molecule has 0 heterocycles. The fourth-order valence-electron chi connectivity index (χ4n) is 1.87.